The van der Waals surface area contributed by atoms with E-state index in [9.17, 15) is 10.2 Å². The topological polar surface area (TPSA) is 65.2 Å². The maximum absolute atomic E-state index is 11.3. The highest BCUT2D eigenvalue weighted by molar-refractivity contribution is 6.89. The van der Waals surface area contributed by atoms with E-state index < -0.39 is 16.1 Å². The van der Waals surface area contributed by atoms with Crippen molar-refractivity contribution in [2.45, 2.75) is 91.7 Å². The maximum Gasteiger partial charge on any atom is 0.128 e. The van der Waals surface area contributed by atoms with Crippen LogP contribution in [-0.2, 0) is 10.8 Å². The Morgan fingerprint density at radius 2 is 0.932 bits per heavy atom. The normalized spacial score (nSPS) is 13.5. The molecule has 6 heteroatoms. The van der Waals surface area contributed by atoms with Crippen LogP contribution in [0.4, 0.5) is 11.4 Å². The Morgan fingerprint density at radius 1 is 0.568 bits per heavy atom. The molecule has 0 aliphatic heterocycles. The van der Waals surface area contributed by atoms with Crippen LogP contribution < -0.4 is 10.4 Å². The van der Waals surface area contributed by atoms with E-state index in [4.69, 9.17) is 9.98 Å². The summed E-state index contributed by atoms with van der Waals surface area (Å²) in [6.45, 7) is 26.7. The summed E-state index contributed by atoms with van der Waals surface area (Å²) in [7, 11) is -3.30. The minimum Gasteiger partial charge on any atom is -0.507 e. The summed E-state index contributed by atoms with van der Waals surface area (Å²) in [5, 5.41) is 27.2. The van der Waals surface area contributed by atoms with E-state index >= 15 is 0 Å². The number of nitrogens with zero attached hydrogens (tertiary/aromatic N) is 2. The van der Waals surface area contributed by atoms with Gasteiger partial charge in [0.2, 0.25) is 0 Å². The van der Waals surface area contributed by atoms with E-state index in [1.807, 2.05) is 24.3 Å². The molecule has 0 amide bonds. The lowest BCUT2D eigenvalue weighted by atomic mass is 9.85. The summed E-state index contributed by atoms with van der Waals surface area (Å²) in [4.78, 5) is 9.90. The zero-order chi connectivity index (χ0) is 32.8. The molecule has 0 bridgehead atoms. The Kier molecular flexibility index (Phi) is 8.95. The van der Waals surface area contributed by atoms with Crippen molar-refractivity contribution in [3.05, 3.63) is 82.9 Å². The molecule has 0 heterocycles. The molecule has 0 atom stereocenters. The van der Waals surface area contributed by atoms with E-state index in [1.165, 1.54) is 10.4 Å². The van der Waals surface area contributed by atoms with Gasteiger partial charge in [-0.05, 0) is 39.5 Å². The molecule has 4 nitrogen and oxygen atoms in total. The highest BCUT2D eigenvalue weighted by Gasteiger charge is 2.27. The first-order valence-corrected chi connectivity index (χ1v) is 22.5. The van der Waals surface area contributed by atoms with E-state index in [2.05, 4.69) is 117 Å². The van der Waals surface area contributed by atoms with Crippen LogP contribution in [0.1, 0.15) is 63.8 Å². The van der Waals surface area contributed by atoms with Crippen LogP contribution in [0.3, 0.4) is 0 Å². The summed E-state index contributed by atoms with van der Waals surface area (Å²) < 4.78 is 0. The van der Waals surface area contributed by atoms with E-state index in [1.54, 1.807) is 12.4 Å². The lowest BCUT2D eigenvalue weighted by Gasteiger charge is -2.26. The third-order valence-electron chi connectivity index (χ3n) is 8.17. The van der Waals surface area contributed by atoms with Gasteiger partial charge < -0.3 is 10.2 Å². The first-order chi connectivity index (χ1) is 20.2. The molecule has 0 unspecified atom stereocenters. The van der Waals surface area contributed by atoms with Gasteiger partial charge in [-0.15, -0.1) is 0 Å². The van der Waals surface area contributed by atoms with Gasteiger partial charge in [0.1, 0.15) is 11.5 Å². The fourth-order valence-corrected chi connectivity index (χ4v) is 7.65. The molecule has 4 aromatic carbocycles. The molecule has 0 aromatic heterocycles. The second-order valence-electron chi connectivity index (χ2n) is 16.1. The van der Waals surface area contributed by atoms with Gasteiger partial charge in [0.25, 0.3) is 0 Å². The second-order valence-corrected chi connectivity index (χ2v) is 26.2. The molecule has 0 fully saturated rings. The van der Waals surface area contributed by atoms with Gasteiger partial charge in [-0.25, -0.2) is 0 Å². The Hall–Kier alpha value is -3.49. The molecule has 4 rings (SSSR count). The molecule has 0 saturated heterocycles. The standard InChI is InChI=1S/C38H50N2O2Si2/c1-37(2,3)30-21-28(43(7,8)9)19-26(35(30)41)23-39-32-17-13-15-25-16-14-18-33(34(25)32)40-24-27-20-29(44(10,11)12)22-31(36(27)42)38(4,5)6/h13-24,41-42H,1-12H3. The molecule has 44 heavy (non-hydrogen) atoms. The fraction of sp³-hybridized carbons (Fsp3) is 0.368. The zero-order valence-electron chi connectivity index (χ0n) is 28.7. The minimum atomic E-state index is -1.65. The summed E-state index contributed by atoms with van der Waals surface area (Å²) in [5.41, 5.74) is 4.51. The molecular formula is C38H50N2O2Si2. The van der Waals surface area contributed by atoms with Crippen molar-refractivity contribution in [1.29, 1.82) is 0 Å². The molecule has 0 aliphatic carbocycles. The quantitative estimate of drug-likeness (QED) is 0.166. The number of aromatic hydroxyl groups is 2. The van der Waals surface area contributed by atoms with Crippen molar-refractivity contribution in [2.75, 3.05) is 0 Å². The number of phenolic OH excluding ortho intramolecular Hbond substituents is 2. The van der Waals surface area contributed by atoms with Crippen molar-refractivity contribution in [3.63, 3.8) is 0 Å². The lowest BCUT2D eigenvalue weighted by molar-refractivity contribution is 0.445. The summed E-state index contributed by atoms with van der Waals surface area (Å²) >= 11 is 0. The SMILES string of the molecule is CC(C)(C)c1cc([Si](C)(C)C)cc(C=Nc2cccc3cccc(N=Cc4cc([Si](C)(C)C)cc(C(C)(C)C)c4O)c23)c1O. The van der Waals surface area contributed by atoms with Gasteiger partial charge in [-0.2, -0.15) is 0 Å². The third-order valence-corrected chi connectivity index (χ3v) is 12.2. The Balaban J connectivity index is 1.87. The van der Waals surface area contributed by atoms with Crippen molar-refractivity contribution in [3.8, 4) is 11.5 Å². The predicted molar refractivity (Wildman–Crippen MR) is 198 cm³/mol. The summed E-state index contributed by atoms with van der Waals surface area (Å²) in [5.74, 6) is 0.572. The minimum absolute atomic E-state index is 0.200. The summed E-state index contributed by atoms with van der Waals surface area (Å²) in [6.07, 6.45) is 3.59. The number of benzene rings is 4. The van der Waals surface area contributed by atoms with Crippen molar-refractivity contribution in [1.82, 2.24) is 0 Å². The van der Waals surface area contributed by atoms with Crippen LogP contribution >= 0.6 is 0 Å². The molecule has 0 saturated carbocycles. The van der Waals surface area contributed by atoms with E-state index in [-0.39, 0.29) is 22.3 Å². The number of phenols is 2. The summed E-state index contributed by atoms with van der Waals surface area (Å²) in [6, 6.07) is 20.7. The second kappa shape index (κ2) is 11.8. The predicted octanol–water partition coefficient (Wildman–Crippen LogP) is 9.44. The highest BCUT2D eigenvalue weighted by Crippen LogP contribution is 2.37. The van der Waals surface area contributed by atoms with Gasteiger partial charge in [0.05, 0.1) is 27.5 Å². The van der Waals surface area contributed by atoms with Crippen LogP contribution in [0.2, 0.25) is 39.3 Å². The van der Waals surface area contributed by atoms with Gasteiger partial charge in [0, 0.05) is 28.9 Å². The number of hydrogen-bond donors (Lipinski definition) is 2. The Morgan fingerprint density at radius 3 is 1.25 bits per heavy atom. The lowest BCUT2D eigenvalue weighted by Crippen LogP contribution is -2.38. The number of hydrogen-bond acceptors (Lipinski definition) is 4. The third kappa shape index (κ3) is 7.24. The first-order valence-electron chi connectivity index (χ1n) is 15.5. The van der Waals surface area contributed by atoms with Crippen LogP contribution in [-0.4, -0.2) is 38.8 Å². The smallest absolute Gasteiger partial charge is 0.128 e. The number of fused-ring (bicyclic) bond motifs is 1. The highest BCUT2D eigenvalue weighted by atomic mass is 28.3. The number of rotatable bonds is 6. The largest absolute Gasteiger partial charge is 0.507 e. The molecular weight excluding hydrogens is 573 g/mol. The first kappa shape index (κ1) is 33.4. The average Bonchev–Trinajstić information content (AvgIpc) is 2.89. The maximum atomic E-state index is 11.3. The monoisotopic (exact) mass is 622 g/mol. The Bertz CT molecular complexity index is 1630. The van der Waals surface area contributed by atoms with Crippen molar-refractivity contribution in [2.24, 2.45) is 9.98 Å². The Labute approximate surface area is 266 Å². The van der Waals surface area contributed by atoms with Crippen LogP contribution in [0.25, 0.3) is 10.8 Å². The van der Waals surface area contributed by atoms with Crippen molar-refractivity contribution < 1.29 is 10.2 Å². The van der Waals surface area contributed by atoms with Gasteiger partial charge in [0.15, 0.2) is 0 Å². The molecule has 0 radical (unpaired) electrons. The van der Waals surface area contributed by atoms with Gasteiger partial charge in [-0.1, -0.05) is 140 Å². The van der Waals surface area contributed by atoms with Crippen molar-refractivity contribution >= 4 is 61.1 Å². The molecule has 0 spiro atoms. The molecule has 4 aromatic rings. The van der Waals surface area contributed by atoms with Gasteiger partial charge >= 0.3 is 0 Å². The zero-order valence-corrected chi connectivity index (χ0v) is 30.7. The fourth-order valence-electron chi connectivity index (χ4n) is 5.32. The van der Waals surface area contributed by atoms with Crippen LogP contribution in [0.5, 0.6) is 11.5 Å². The molecule has 0 aliphatic rings. The molecule has 232 valence electrons. The van der Waals surface area contributed by atoms with Crippen LogP contribution in [0, 0.1) is 0 Å². The van der Waals surface area contributed by atoms with Gasteiger partial charge in [-0.3, -0.25) is 9.98 Å². The average molecular weight is 623 g/mol. The van der Waals surface area contributed by atoms with E-state index in [0.29, 0.717) is 0 Å². The molecule has 2 N–H and O–H groups in total. The number of aliphatic imine (C=N–C) groups is 2. The van der Waals surface area contributed by atoms with Crippen LogP contribution in [0.15, 0.2) is 70.6 Å². The van der Waals surface area contributed by atoms with E-state index in [0.717, 1.165) is 44.4 Å².